The Morgan fingerprint density at radius 2 is 2.05 bits per heavy atom. The molecule has 3 nitrogen and oxygen atoms in total. The van der Waals surface area contributed by atoms with Crippen molar-refractivity contribution >= 4 is 0 Å². The quantitative estimate of drug-likeness (QED) is 0.921. The molecule has 1 fully saturated rings. The Kier molecular flexibility index (Phi) is 4.96. The topological polar surface area (TPSA) is 37.8 Å². The van der Waals surface area contributed by atoms with Crippen molar-refractivity contribution in [3.05, 3.63) is 24.3 Å². The number of alkyl halides is 3. The summed E-state index contributed by atoms with van der Waals surface area (Å²) in [6.07, 6.45) is 2.80. The number of aromatic nitrogens is 2. The zero-order valence-corrected chi connectivity index (χ0v) is 11.5. The van der Waals surface area contributed by atoms with Gasteiger partial charge >= 0.3 is 6.18 Å². The Morgan fingerprint density at radius 1 is 1.30 bits per heavy atom. The molecule has 1 saturated carbocycles. The molecular weight excluding hydrogens is 267 g/mol. The molecule has 0 spiro atoms. The number of hydrogen-bond donors (Lipinski definition) is 1. The second kappa shape index (κ2) is 6.52. The molecule has 1 aromatic heterocycles. The lowest BCUT2D eigenvalue weighted by molar-refractivity contribution is -0.199. The van der Waals surface area contributed by atoms with Crippen LogP contribution in [-0.4, -0.2) is 22.7 Å². The molecule has 0 radical (unpaired) electrons. The monoisotopic (exact) mass is 287 g/mol. The Labute approximate surface area is 117 Å². The van der Waals surface area contributed by atoms with Crippen LogP contribution in [0.2, 0.25) is 0 Å². The highest BCUT2D eigenvalue weighted by Gasteiger charge is 2.48. The fraction of sp³-hybridized carbons (Fsp3) is 0.714. The molecule has 20 heavy (non-hydrogen) atoms. The zero-order chi connectivity index (χ0) is 14.6. The van der Waals surface area contributed by atoms with Crippen LogP contribution in [0.15, 0.2) is 18.6 Å². The summed E-state index contributed by atoms with van der Waals surface area (Å²) in [6.45, 7) is 2.51. The van der Waals surface area contributed by atoms with Gasteiger partial charge in [0.25, 0.3) is 0 Å². The number of hydrogen-bond acceptors (Lipinski definition) is 3. The van der Waals surface area contributed by atoms with E-state index in [1.54, 1.807) is 6.20 Å². The van der Waals surface area contributed by atoms with E-state index in [0.29, 0.717) is 25.1 Å². The Hall–Kier alpha value is -1.17. The first-order valence-corrected chi connectivity index (χ1v) is 7.10. The summed E-state index contributed by atoms with van der Waals surface area (Å²) in [6, 6.07) is -0.374. The molecule has 1 aliphatic carbocycles. The van der Waals surface area contributed by atoms with Crippen molar-refractivity contribution in [3.63, 3.8) is 0 Å². The average Bonchev–Trinajstić information content (AvgIpc) is 2.45. The first kappa shape index (κ1) is 15.2. The smallest absolute Gasteiger partial charge is 0.309 e. The molecule has 1 heterocycles. The Balaban J connectivity index is 2.26. The van der Waals surface area contributed by atoms with Gasteiger partial charge in [-0.15, -0.1) is 0 Å². The van der Waals surface area contributed by atoms with Crippen molar-refractivity contribution in [2.45, 2.75) is 44.8 Å². The van der Waals surface area contributed by atoms with Crippen LogP contribution >= 0.6 is 0 Å². The van der Waals surface area contributed by atoms with Gasteiger partial charge in [0, 0.05) is 18.6 Å². The summed E-state index contributed by atoms with van der Waals surface area (Å²) < 4.78 is 39.7. The van der Waals surface area contributed by atoms with Gasteiger partial charge in [0.2, 0.25) is 0 Å². The van der Waals surface area contributed by atoms with Crippen LogP contribution in [-0.2, 0) is 0 Å². The van der Waals surface area contributed by atoms with E-state index in [9.17, 15) is 13.2 Å². The summed E-state index contributed by atoms with van der Waals surface area (Å²) in [4.78, 5) is 8.18. The van der Waals surface area contributed by atoms with Crippen molar-refractivity contribution in [2.24, 2.45) is 11.8 Å². The Morgan fingerprint density at radius 3 is 2.65 bits per heavy atom. The van der Waals surface area contributed by atoms with Crippen LogP contribution in [0.1, 0.15) is 44.3 Å². The summed E-state index contributed by atoms with van der Waals surface area (Å²) in [5, 5.41) is 3.17. The van der Waals surface area contributed by atoms with Gasteiger partial charge in [-0.3, -0.25) is 9.97 Å². The standard InChI is InChI=1S/C14H20F3N3/c1-2-19-13(12-9-18-7-8-20-12)10-5-3-4-6-11(10)14(15,16)17/h7-11,13,19H,2-6H2,1H3. The van der Waals surface area contributed by atoms with E-state index in [1.807, 2.05) is 6.92 Å². The largest absolute Gasteiger partial charge is 0.392 e. The first-order chi connectivity index (χ1) is 9.54. The van der Waals surface area contributed by atoms with E-state index in [-0.39, 0.29) is 12.5 Å². The van der Waals surface area contributed by atoms with Gasteiger partial charge in [-0.1, -0.05) is 19.8 Å². The SMILES string of the molecule is CCNC(c1cnccn1)C1CCCCC1C(F)(F)F. The molecule has 0 saturated heterocycles. The average molecular weight is 287 g/mol. The molecule has 1 aliphatic rings. The second-order valence-electron chi connectivity index (χ2n) is 5.26. The third kappa shape index (κ3) is 3.48. The van der Waals surface area contributed by atoms with E-state index < -0.39 is 18.0 Å². The van der Waals surface area contributed by atoms with Crippen LogP contribution in [0.3, 0.4) is 0 Å². The predicted octanol–water partition coefficient (Wildman–Crippen LogP) is 3.50. The lowest BCUT2D eigenvalue weighted by atomic mass is 9.74. The molecule has 0 aliphatic heterocycles. The summed E-state index contributed by atoms with van der Waals surface area (Å²) in [5.74, 6) is -1.71. The van der Waals surface area contributed by atoms with Crippen LogP contribution in [0.4, 0.5) is 13.2 Å². The second-order valence-corrected chi connectivity index (χ2v) is 5.26. The highest BCUT2D eigenvalue weighted by atomic mass is 19.4. The van der Waals surface area contributed by atoms with Gasteiger partial charge in [0.05, 0.1) is 17.7 Å². The minimum atomic E-state index is -4.14. The lowest BCUT2D eigenvalue weighted by Gasteiger charge is -2.38. The van der Waals surface area contributed by atoms with Crippen LogP contribution in [0, 0.1) is 11.8 Å². The Bertz CT molecular complexity index is 408. The van der Waals surface area contributed by atoms with Crippen molar-refractivity contribution in [1.29, 1.82) is 0 Å². The number of nitrogens with zero attached hydrogens (tertiary/aromatic N) is 2. The lowest BCUT2D eigenvalue weighted by Crippen LogP contribution is -2.41. The van der Waals surface area contributed by atoms with Gasteiger partial charge < -0.3 is 5.32 Å². The van der Waals surface area contributed by atoms with Crippen LogP contribution in [0.5, 0.6) is 0 Å². The predicted molar refractivity (Wildman–Crippen MR) is 70.0 cm³/mol. The van der Waals surface area contributed by atoms with Gasteiger partial charge in [0.1, 0.15) is 0 Å². The van der Waals surface area contributed by atoms with Crippen molar-refractivity contribution < 1.29 is 13.2 Å². The van der Waals surface area contributed by atoms with Gasteiger partial charge in [-0.25, -0.2) is 0 Å². The summed E-state index contributed by atoms with van der Waals surface area (Å²) in [5.41, 5.74) is 0.607. The molecule has 6 heteroatoms. The maximum atomic E-state index is 13.2. The van der Waals surface area contributed by atoms with Crippen LogP contribution < -0.4 is 5.32 Å². The molecule has 112 valence electrons. The third-order valence-electron chi connectivity index (χ3n) is 3.99. The van der Waals surface area contributed by atoms with E-state index in [0.717, 1.165) is 6.42 Å². The van der Waals surface area contributed by atoms with Gasteiger partial charge in [-0.2, -0.15) is 13.2 Å². The summed E-state index contributed by atoms with van der Waals surface area (Å²) in [7, 11) is 0. The molecule has 3 atom stereocenters. The molecule has 0 aromatic carbocycles. The fourth-order valence-electron chi connectivity index (χ4n) is 3.13. The molecule has 3 unspecified atom stereocenters. The van der Waals surface area contributed by atoms with E-state index in [2.05, 4.69) is 15.3 Å². The molecule has 2 rings (SSSR count). The summed E-state index contributed by atoms with van der Waals surface area (Å²) >= 11 is 0. The van der Waals surface area contributed by atoms with Crippen molar-refractivity contribution in [3.8, 4) is 0 Å². The highest BCUT2D eigenvalue weighted by Crippen LogP contribution is 2.46. The van der Waals surface area contributed by atoms with Gasteiger partial charge in [0.15, 0.2) is 0 Å². The molecule has 0 amide bonds. The maximum Gasteiger partial charge on any atom is 0.392 e. The van der Waals surface area contributed by atoms with Crippen LogP contribution in [0.25, 0.3) is 0 Å². The number of nitrogens with one attached hydrogen (secondary N) is 1. The normalized spacial score (nSPS) is 25.4. The number of rotatable bonds is 4. The first-order valence-electron chi connectivity index (χ1n) is 7.10. The minimum Gasteiger partial charge on any atom is -0.309 e. The molecular formula is C14H20F3N3. The number of halogens is 3. The third-order valence-corrected chi connectivity index (χ3v) is 3.99. The highest BCUT2D eigenvalue weighted by molar-refractivity contribution is 5.06. The maximum absolute atomic E-state index is 13.2. The van der Waals surface area contributed by atoms with E-state index in [1.165, 1.54) is 12.4 Å². The molecule has 0 bridgehead atoms. The van der Waals surface area contributed by atoms with E-state index in [4.69, 9.17) is 0 Å². The zero-order valence-electron chi connectivity index (χ0n) is 11.5. The minimum absolute atomic E-state index is 0.219. The van der Waals surface area contributed by atoms with Crippen molar-refractivity contribution in [2.75, 3.05) is 6.54 Å². The van der Waals surface area contributed by atoms with Gasteiger partial charge in [-0.05, 0) is 25.3 Å². The fourth-order valence-corrected chi connectivity index (χ4v) is 3.13. The molecule has 1 aromatic rings. The van der Waals surface area contributed by atoms with Crippen molar-refractivity contribution in [1.82, 2.24) is 15.3 Å². The molecule has 1 N–H and O–H groups in total. The van der Waals surface area contributed by atoms with E-state index >= 15 is 0 Å².